The molecule has 1 saturated heterocycles. The van der Waals surface area contributed by atoms with Gasteiger partial charge in [0, 0.05) is 25.2 Å². The summed E-state index contributed by atoms with van der Waals surface area (Å²) < 4.78 is 33.0. The summed E-state index contributed by atoms with van der Waals surface area (Å²) in [5.41, 5.74) is 0.588. The lowest BCUT2D eigenvalue weighted by Gasteiger charge is -2.25. The minimum Gasteiger partial charge on any atom is -0.495 e. The summed E-state index contributed by atoms with van der Waals surface area (Å²) in [5, 5.41) is 2.95. The Morgan fingerprint density at radius 1 is 1.19 bits per heavy atom. The van der Waals surface area contributed by atoms with Crippen LogP contribution in [-0.4, -0.2) is 68.9 Å². The number of benzene rings is 1. The number of aryl methyl sites for hydroxylation is 1. The maximum absolute atomic E-state index is 13.1. The molecule has 1 heterocycles. The van der Waals surface area contributed by atoms with E-state index in [9.17, 15) is 13.2 Å². The van der Waals surface area contributed by atoms with Crippen molar-refractivity contribution >= 4 is 15.9 Å². The number of nitrogens with one attached hydrogen (secondary N) is 1. The maximum Gasteiger partial charge on any atom is 0.246 e. The molecule has 0 spiro atoms. The minimum atomic E-state index is -3.65. The first-order valence-electron chi connectivity index (χ1n) is 9.21. The molecule has 0 unspecified atom stereocenters. The lowest BCUT2D eigenvalue weighted by atomic mass is 10.1. The van der Waals surface area contributed by atoms with E-state index < -0.39 is 10.0 Å². The van der Waals surface area contributed by atoms with Gasteiger partial charge in [-0.15, -0.1) is 0 Å². The molecule has 1 aromatic carbocycles. The number of amides is 1. The van der Waals surface area contributed by atoms with E-state index in [1.807, 2.05) is 38.7 Å². The highest BCUT2D eigenvalue weighted by atomic mass is 32.2. The van der Waals surface area contributed by atoms with E-state index in [-0.39, 0.29) is 22.9 Å². The largest absolute Gasteiger partial charge is 0.495 e. The molecule has 1 aliphatic rings. The minimum absolute atomic E-state index is 0.0424. The molecule has 1 aliphatic heterocycles. The average Bonchev–Trinajstić information content (AvgIpc) is 2.79. The van der Waals surface area contributed by atoms with Gasteiger partial charge < -0.3 is 10.1 Å². The summed E-state index contributed by atoms with van der Waals surface area (Å²) in [6.45, 7) is 9.94. The summed E-state index contributed by atoms with van der Waals surface area (Å²) in [6.07, 6.45) is 0.677. The van der Waals surface area contributed by atoms with Crippen molar-refractivity contribution in [2.75, 3.05) is 39.8 Å². The van der Waals surface area contributed by atoms with Gasteiger partial charge in [-0.3, -0.25) is 9.69 Å². The average molecular weight is 398 g/mol. The van der Waals surface area contributed by atoms with Crippen LogP contribution in [0.5, 0.6) is 5.75 Å². The van der Waals surface area contributed by atoms with Crippen LogP contribution < -0.4 is 10.1 Å². The predicted octanol–water partition coefficient (Wildman–Crippen LogP) is 1.61. The molecule has 0 saturated carbocycles. The summed E-state index contributed by atoms with van der Waals surface area (Å²) in [5.74, 6) is 0.311. The van der Waals surface area contributed by atoms with Gasteiger partial charge in [0.25, 0.3) is 0 Å². The fourth-order valence-corrected chi connectivity index (χ4v) is 4.84. The first-order valence-corrected chi connectivity index (χ1v) is 10.6. The van der Waals surface area contributed by atoms with E-state index in [0.717, 1.165) is 5.56 Å². The fraction of sp³-hybridized carbons (Fsp3) is 0.632. The number of rotatable bonds is 5. The quantitative estimate of drug-likeness (QED) is 0.817. The van der Waals surface area contributed by atoms with Crippen LogP contribution in [0.25, 0.3) is 0 Å². The molecule has 152 valence electrons. The lowest BCUT2D eigenvalue weighted by molar-refractivity contribution is -0.123. The van der Waals surface area contributed by atoms with E-state index in [4.69, 9.17) is 4.74 Å². The Balaban J connectivity index is 2.09. The number of sulfonamides is 1. The lowest BCUT2D eigenvalue weighted by Crippen LogP contribution is -2.46. The predicted molar refractivity (Wildman–Crippen MR) is 105 cm³/mol. The van der Waals surface area contributed by atoms with Crippen molar-refractivity contribution in [1.29, 1.82) is 0 Å². The number of hydrogen-bond donors (Lipinski definition) is 1. The second-order valence-corrected chi connectivity index (χ2v) is 9.89. The normalized spacial score (nSPS) is 17.4. The smallest absolute Gasteiger partial charge is 0.246 e. The first-order chi connectivity index (χ1) is 12.5. The van der Waals surface area contributed by atoms with Crippen LogP contribution in [0.1, 0.15) is 32.8 Å². The van der Waals surface area contributed by atoms with E-state index in [1.54, 1.807) is 12.1 Å². The first kappa shape index (κ1) is 21.7. The van der Waals surface area contributed by atoms with Crippen LogP contribution in [0.2, 0.25) is 0 Å². The number of methoxy groups -OCH3 is 1. The third-order valence-corrected chi connectivity index (χ3v) is 6.29. The molecule has 1 amide bonds. The van der Waals surface area contributed by atoms with Crippen LogP contribution in [0.4, 0.5) is 0 Å². The van der Waals surface area contributed by atoms with Gasteiger partial charge in [0.15, 0.2) is 0 Å². The molecule has 0 aliphatic carbocycles. The topological polar surface area (TPSA) is 79.0 Å². The van der Waals surface area contributed by atoms with Crippen molar-refractivity contribution < 1.29 is 17.9 Å². The molecule has 0 bridgehead atoms. The van der Waals surface area contributed by atoms with Crippen molar-refractivity contribution in [1.82, 2.24) is 14.5 Å². The molecule has 7 nitrogen and oxygen atoms in total. The van der Waals surface area contributed by atoms with E-state index in [1.165, 1.54) is 11.4 Å². The highest BCUT2D eigenvalue weighted by Gasteiger charge is 2.30. The molecular formula is C19H31N3O4S. The fourth-order valence-electron chi connectivity index (χ4n) is 3.13. The Bertz CT molecular complexity index is 772. The van der Waals surface area contributed by atoms with Crippen LogP contribution in [-0.2, 0) is 14.8 Å². The molecule has 1 N–H and O–H groups in total. The standard InChI is InChI=1S/C19H31N3O4S/c1-15-7-8-16(26-5)17(13-15)27(24,25)22-10-6-9-21(11-12-22)14-18(23)20-19(2,3)4/h7-8,13H,6,9-12,14H2,1-5H3,(H,20,23). The highest BCUT2D eigenvalue weighted by molar-refractivity contribution is 7.89. The number of ether oxygens (including phenoxy) is 1. The Kier molecular flexibility index (Phi) is 6.88. The van der Waals surface area contributed by atoms with Gasteiger partial charge in [0.2, 0.25) is 15.9 Å². The molecule has 0 aromatic heterocycles. The third-order valence-electron chi connectivity index (χ3n) is 4.37. The molecule has 0 radical (unpaired) electrons. The van der Waals surface area contributed by atoms with Gasteiger partial charge in [-0.25, -0.2) is 8.42 Å². The summed E-state index contributed by atoms with van der Waals surface area (Å²) >= 11 is 0. The molecule has 8 heteroatoms. The highest BCUT2D eigenvalue weighted by Crippen LogP contribution is 2.28. The Morgan fingerprint density at radius 3 is 2.52 bits per heavy atom. The van der Waals surface area contributed by atoms with Gasteiger partial charge in [0.1, 0.15) is 10.6 Å². The van der Waals surface area contributed by atoms with Gasteiger partial charge in [-0.1, -0.05) is 6.07 Å². The van der Waals surface area contributed by atoms with Crippen LogP contribution >= 0.6 is 0 Å². The zero-order valence-corrected chi connectivity index (χ0v) is 17.7. The summed E-state index contributed by atoms with van der Waals surface area (Å²) in [6, 6.07) is 5.16. The Labute approximate surface area is 162 Å². The van der Waals surface area contributed by atoms with Gasteiger partial charge in [-0.2, -0.15) is 4.31 Å². The number of carbonyl (C=O) groups is 1. The molecule has 1 aromatic rings. The second kappa shape index (κ2) is 8.58. The number of carbonyl (C=O) groups excluding carboxylic acids is 1. The van der Waals surface area contributed by atoms with Crippen LogP contribution in [0.3, 0.4) is 0 Å². The van der Waals surface area contributed by atoms with Crippen molar-refractivity contribution in [3.8, 4) is 5.75 Å². The van der Waals surface area contributed by atoms with Crippen LogP contribution in [0.15, 0.2) is 23.1 Å². The molecule has 0 atom stereocenters. The zero-order valence-electron chi connectivity index (χ0n) is 16.9. The van der Waals surface area contributed by atoms with Crippen molar-refractivity contribution in [3.05, 3.63) is 23.8 Å². The van der Waals surface area contributed by atoms with Crippen molar-refractivity contribution in [2.24, 2.45) is 0 Å². The SMILES string of the molecule is COc1ccc(C)cc1S(=O)(=O)N1CCCN(CC(=O)NC(C)(C)C)CC1. The Hall–Kier alpha value is -1.64. The molecule has 2 rings (SSSR count). The van der Waals surface area contributed by atoms with Gasteiger partial charge in [0.05, 0.1) is 13.7 Å². The third kappa shape index (κ3) is 5.92. The molecular weight excluding hydrogens is 366 g/mol. The van der Waals surface area contributed by atoms with Gasteiger partial charge >= 0.3 is 0 Å². The molecule has 27 heavy (non-hydrogen) atoms. The van der Waals surface area contributed by atoms with E-state index in [0.29, 0.717) is 38.3 Å². The zero-order chi connectivity index (χ0) is 20.2. The van der Waals surface area contributed by atoms with Crippen LogP contribution in [0, 0.1) is 6.92 Å². The second-order valence-electron chi connectivity index (χ2n) is 7.99. The summed E-state index contributed by atoms with van der Waals surface area (Å²) in [7, 11) is -2.18. The van der Waals surface area contributed by atoms with E-state index in [2.05, 4.69) is 5.32 Å². The summed E-state index contributed by atoms with van der Waals surface area (Å²) in [4.78, 5) is 14.4. The van der Waals surface area contributed by atoms with Crippen molar-refractivity contribution in [3.63, 3.8) is 0 Å². The Morgan fingerprint density at radius 2 is 1.89 bits per heavy atom. The number of hydrogen-bond acceptors (Lipinski definition) is 5. The monoisotopic (exact) mass is 397 g/mol. The number of nitrogens with zero attached hydrogens (tertiary/aromatic N) is 2. The van der Waals surface area contributed by atoms with E-state index >= 15 is 0 Å². The molecule has 1 fully saturated rings. The van der Waals surface area contributed by atoms with Crippen molar-refractivity contribution in [2.45, 2.75) is 44.6 Å². The maximum atomic E-state index is 13.1. The van der Waals surface area contributed by atoms with Gasteiger partial charge in [-0.05, 0) is 58.4 Å².